The van der Waals surface area contributed by atoms with E-state index in [2.05, 4.69) is 229 Å². The molecule has 0 radical (unpaired) electrons. The second-order valence-electron chi connectivity index (χ2n) is 23.6. The molecule has 318 valence electrons. The Morgan fingerprint density at radius 1 is 0.484 bits per heavy atom. The lowest BCUT2D eigenvalue weighted by Gasteiger charge is -2.48. The van der Waals surface area contributed by atoms with Crippen LogP contribution in [0.5, 0.6) is 0 Å². The molecule has 0 fully saturated rings. The Morgan fingerprint density at radius 2 is 0.984 bits per heavy atom. The van der Waals surface area contributed by atoms with Crippen LogP contribution in [0.25, 0.3) is 11.1 Å². The van der Waals surface area contributed by atoms with Gasteiger partial charge in [0.1, 0.15) is 0 Å². The van der Waals surface area contributed by atoms with Crippen molar-refractivity contribution in [1.29, 1.82) is 0 Å². The summed E-state index contributed by atoms with van der Waals surface area (Å²) in [6.45, 7) is 35.7. The van der Waals surface area contributed by atoms with Crippen LogP contribution >= 0.6 is 0 Å². The normalized spacial score (nSPS) is 16.5. The summed E-state index contributed by atoms with van der Waals surface area (Å²) in [5, 5.41) is 0. The van der Waals surface area contributed by atoms with E-state index in [1.807, 2.05) is 0 Å². The van der Waals surface area contributed by atoms with Gasteiger partial charge in [0.2, 0.25) is 0 Å². The predicted octanol–water partition coefficient (Wildman–Crippen LogP) is 14.8. The Balaban J connectivity index is 1.45. The van der Waals surface area contributed by atoms with Crippen molar-refractivity contribution in [3.8, 4) is 11.1 Å². The Morgan fingerprint density at radius 3 is 1.55 bits per heavy atom. The fourth-order valence-electron chi connectivity index (χ4n) is 10.6. The molecule has 0 saturated carbocycles. The van der Waals surface area contributed by atoms with Gasteiger partial charge < -0.3 is 9.80 Å². The zero-order valence-corrected chi connectivity index (χ0v) is 40.4. The van der Waals surface area contributed by atoms with Gasteiger partial charge in [-0.25, -0.2) is 0 Å². The highest BCUT2D eigenvalue weighted by Crippen LogP contribution is 2.52. The molecule has 0 atom stereocenters. The number of rotatable bonds is 4. The van der Waals surface area contributed by atoms with Crippen molar-refractivity contribution < 1.29 is 0 Å². The topological polar surface area (TPSA) is 6.48 Å². The van der Waals surface area contributed by atoms with Gasteiger partial charge in [0.05, 0.1) is 5.69 Å². The monoisotopic (exact) mass is 817 g/mol. The maximum absolute atomic E-state index is 2.70. The molecule has 0 N–H and O–H groups in total. The van der Waals surface area contributed by atoms with Gasteiger partial charge in [-0.2, -0.15) is 0 Å². The Hall–Kier alpha value is -5.02. The largest absolute Gasteiger partial charge is 0.311 e. The molecular weight excluding hydrogens is 747 g/mol. The number of fused-ring (bicyclic) bond motifs is 5. The maximum atomic E-state index is 2.70. The van der Waals surface area contributed by atoms with Crippen molar-refractivity contribution in [3.63, 3.8) is 0 Å². The Labute approximate surface area is 374 Å². The number of hydrogen-bond acceptors (Lipinski definition) is 2. The van der Waals surface area contributed by atoms with E-state index in [9.17, 15) is 0 Å². The van der Waals surface area contributed by atoms with Gasteiger partial charge in [-0.3, -0.25) is 0 Å². The highest BCUT2D eigenvalue weighted by Gasteiger charge is 2.47. The van der Waals surface area contributed by atoms with Gasteiger partial charge in [0, 0.05) is 34.0 Å². The Bertz CT molecular complexity index is 2710. The standard InChI is InChI=1S/C59H69BN2/c1-37(2)39-31-52-54-53(32-39)62(49-27-23-41(56(6,7)8)33-44(49)38-19-17-16-18-20-38)51-36-46-45(58(12,13)29-30-59(46,14)15)35-48(51)60(54)47-34-42(57(9,10)11)24-28-50(47)61(52)43-25-21-40(22-26-43)55(3,4)5/h16-28,31-37H,29-30H2,1-15H3. The first-order valence-electron chi connectivity index (χ1n) is 23.4. The molecular formula is C59H69BN2. The molecule has 6 aromatic rings. The number of nitrogens with zero attached hydrogens (tertiary/aromatic N) is 2. The van der Waals surface area contributed by atoms with E-state index in [-0.39, 0.29) is 33.8 Å². The highest BCUT2D eigenvalue weighted by atomic mass is 15.2. The molecule has 0 amide bonds. The van der Waals surface area contributed by atoms with Crippen LogP contribution in [0.3, 0.4) is 0 Å². The second kappa shape index (κ2) is 14.3. The summed E-state index contributed by atoms with van der Waals surface area (Å²) in [6, 6.07) is 45.7. The van der Waals surface area contributed by atoms with Crippen molar-refractivity contribution in [1.82, 2.24) is 0 Å². The Kier molecular flexibility index (Phi) is 9.72. The molecule has 3 heteroatoms. The van der Waals surface area contributed by atoms with Gasteiger partial charge in [-0.1, -0.05) is 171 Å². The molecule has 1 aliphatic carbocycles. The maximum Gasteiger partial charge on any atom is 0.252 e. The molecule has 2 heterocycles. The van der Waals surface area contributed by atoms with Crippen LogP contribution in [0.1, 0.15) is 156 Å². The van der Waals surface area contributed by atoms with E-state index in [4.69, 9.17) is 0 Å². The molecule has 3 aliphatic rings. The van der Waals surface area contributed by atoms with Crippen molar-refractivity contribution in [2.24, 2.45) is 0 Å². The van der Waals surface area contributed by atoms with Crippen LogP contribution in [0.2, 0.25) is 0 Å². The number of benzene rings is 6. The summed E-state index contributed by atoms with van der Waals surface area (Å²) in [7, 11) is 0. The van der Waals surface area contributed by atoms with E-state index < -0.39 is 0 Å². The van der Waals surface area contributed by atoms with E-state index >= 15 is 0 Å². The number of anilines is 6. The second-order valence-corrected chi connectivity index (χ2v) is 23.6. The molecule has 2 nitrogen and oxygen atoms in total. The van der Waals surface area contributed by atoms with Crippen LogP contribution in [0.15, 0.2) is 115 Å². The molecule has 9 rings (SSSR count). The van der Waals surface area contributed by atoms with E-state index in [1.54, 1.807) is 0 Å². The minimum atomic E-state index is -0.0103. The van der Waals surface area contributed by atoms with Gasteiger partial charge in [-0.15, -0.1) is 0 Å². The lowest BCUT2D eigenvalue weighted by Crippen LogP contribution is -2.62. The van der Waals surface area contributed by atoms with E-state index in [0.29, 0.717) is 5.92 Å². The van der Waals surface area contributed by atoms with E-state index in [0.717, 1.165) is 0 Å². The lowest BCUT2D eigenvalue weighted by molar-refractivity contribution is 0.332. The van der Waals surface area contributed by atoms with E-state index in [1.165, 1.54) is 108 Å². The number of hydrogen-bond donors (Lipinski definition) is 0. The summed E-state index contributed by atoms with van der Waals surface area (Å²) in [6.07, 6.45) is 2.35. The predicted molar refractivity (Wildman–Crippen MR) is 271 cm³/mol. The van der Waals surface area contributed by atoms with Gasteiger partial charge >= 0.3 is 0 Å². The third-order valence-electron chi connectivity index (χ3n) is 14.8. The fourth-order valence-corrected chi connectivity index (χ4v) is 10.6. The first kappa shape index (κ1) is 42.3. The van der Waals surface area contributed by atoms with Crippen molar-refractivity contribution >= 4 is 57.2 Å². The van der Waals surface area contributed by atoms with Crippen molar-refractivity contribution in [2.45, 2.75) is 150 Å². The van der Waals surface area contributed by atoms with Crippen molar-refractivity contribution in [2.75, 3.05) is 9.80 Å². The van der Waals surface area contributed by atoms with Gasteiger partial charge in [-0.05, 0) is 150 Å². The molecule has 62 heavy (non-hydrogen) atoms. The summed E-state index contributed by atoms with van der Waals surface area (Å²) in [5.74, 6) is 0.327. The highest BCUT2D eigenvalue weighted by molar-refractivity contribution is 7.00. The fraction of sp³-hybridized carbons (Fsp3) is 0.390. The SMILES string of the molecule is CC(C)c1cc2c3c(c1)N(c1ccc(C(C)(C)C)cc1-c1ccccc1)c1cc4c(cc1B3c1cc(C(C)(C)C)ccc1N2c1ccc(C(C)(C)C)cc1)C(C)(C)CCC4(C)C. The van der Waals surface area contributed by atoms with Gasteiger partial charge in [0.25, 0.3) is 6.71 Å². The van der Waals surface area contributed by atoms with Crippen LogP contribution < -0.4 is 26.2 Å². The molecule has 0 spiro atoms. The summed E-state index contributed by atoms with van der Waals surface area (Å²) in [4.78, 5) is 5.30. The van der Waals surface area contributed by atoms with Crippen LogP contribution in [0.4, 0.5) is 34.1 Å². The van der Waals surface area contributed by atoms with Crippen molar-refractivity contribution in [3.05, 3.63) is 149 Å². The molecule has 0 aromatic heterocycles. The molecule has 6 aromatic carbocycles. The third-order valence-corrected chi connectivity index (χ3v) is 14.8. The average molecular weight is 817 g/mol. The zero-order chi connectivity index (χ0) is 44.5. The lowest BCUT2D eigenvalue weighted by atomic mass is 9.33. The molecule has 2 aliphatic heterocycles. The summed E-state index contributed by atoms with van der Waals surface area (Å²) in [5.41, 5.74) is 22.9. The minimum Gasteiger partial charge on any atom is -0.311 e. The summed E-state index contributed by atoms with van der Waals surface area (Å²) >= 11 is 0. The third kappa shape index (κ3) is 6.94. The quantitative estimate of drug-likeness (QED) is 0.163. The molecule has 0 bridgehead atoms. The smallest absolute Gasteiger partial charge is 0.252 e. The molecule has 0 unspecified atom stereocenters. The van der Waals surface area contributed by atoms with Gasteiger partial charge in [0.15, 0.2) is 0 Å². The minimum absolute atomic E-state index is 0.00409. The first-order chi connectivity index (χ1) is 29.0. The zero-order valence-electron chi connectivity index (χ0n) is 40.4. The average Bonchev–Trinajstić information content (AvgIpc) is 3.21. The summed E-state index contributed by atoms with van der Waals surface area (Å²) < 4.78 is 0. The molecule has 0 saturated heterocycles. The first-order valence-corrected chi connectivity index (χ1v) is 23.4. The van der Waals surface area contributed by atoms with Crippen LogP contribution in [-0.2, 0) is 27.1 Å². The van der Waals surface area contributed by atoms with Crippen LogP contribution in [-0.4, -0.2) is 6.71 Å². The van der Waals surface area contributed by atoms with Crippen LogP contribution in [0, 0.1) is 0 Å².